The number of hydrogen-bond acceptors (Lipinski definition) is 3. The van der Waals surface area contributed by atoms with Gasteiger partial charge >= 0.3 is 5.97 Å². The molecule has 102 valence electrons. The molecular formula is C15H13NO4. The zero-order chi connectivity index (χ0) is 14.7. The van der Waals surface area contributed by atoms with Gasteiger partial charge in [0.15, 0.2) is 0 Å². The fraction of sp³-hybridized carbons (Fsp3) is 0.267. The van der Waals surface area contributed by atoms with Crippen molar-refractivity contribution in [2.24, 2.45) is 0 Å². The van der Waals surface area contributed by atoms with E-state index in [-0.39, 0.29) is 22.6 Å². The molecule has 0 unspecified atom stereocenters. The Morgan fingerprint density at radius 3 is 2.55 bits per heavy atom. The fourth-order valence-electron chi connectivity index (χ4n) is 2.12. The molecule has 0 fully saturated rings. The van der Waals surface area contributed by atoms with Gasteiger partial charge in [-0.3, -0.25) is 14.5 Å². The highest BCUT2D eigenvalue weighted by Crippen LogP contribution is 2.24. The first-order valence-corrected chi connectivity index (χ1v) is 6.23. The number of rotatable bonds is 5. The van der Waals surface area contributed by atoms with Gasteiger partial charge in [-0.25, -0.2) is 4.79 Å². The van der Waals surface area contributed by atoms with Crippen LogP contribution in [0.1, 0.15) is 50.3 Å². The first-order valence-electron chi connectivity index (χ1n) is 6.23. The third-order valence-corrected chi connectivity index (χ3v) is 3.17. The van der Waals surface area contributed by atoms with E-state index in [0.29, 0.717) is 19.4 Å². The molecule has 0 saturated heterocycles. The molecule has 1 aliphatic rings. The molecule has 1 N–H and O–H groups in total. The maximum absolute atomic E-state index is 12.1. The average molecular weight is 271 g/mol. The van der Waals surface area contributed by atoms with Gasteiger partial charge in [0.05, 0.1) is 16.7 Å². The van der Waals surface area contributed by atoms with Crippen molar-refractivity contribution in [3.8, 4) is 12.3 Å². The Bertz CT molecular complexity index is 627. The predicted molar refractivity (Wildman–Crippen MR) is 71.5 cm³/mol. The molecule has 1 heterocycles. The number of nitrogens with zero attached hydrogens (tertiary/aromatic N) is 1. The molecule has 5 heteroatoms. The number of hydrogen-bond donors (Lipinski definition) is 1. The lowest BCUT2D eigenvalue weighted by molar-refractivity contribution is 0.0650. The molecule has 0 aromatic heterocycles. The summed E-state index contributed by atoms with van der Waals surface area (Å²) in [5.41, 5.74) is 0.419. The number of unbranched alkanes of at least 4 members (excludes halogenated alkanes) is 2. The van der Waals surface area contributed by atoms with Crippen LogP contribution in [0.4, 0.5) is 0 Å². The number of carboxylic acid groups (broad SMARTS) is 1. The minimum atomic E-state index is -1.12. The number of aromatic carboxylic acids is 1. The van der Waals surface area contributed by atoms with Gasteiger partial charge in [-0.15, -0.1) is 12.3 Å². The molecule has 5 nitrogen and oxygen atoms in total. The SMILES string of the molecule is C#CCCCCN1C(=O)c2ccc(C(=O)O)cc2C1=O. The van der Waals surface area contributed by atoms with E-state index < -0.39 is 11.9 Å². The van der Waals surface area contributed by atoms with E-state index in [1.165, 1.54) is 18.2 Å². The molecule has 0 atom stereocenters. The highest BCUT2D eigenvalue weighted by Gasteiger charge is 2.35. The van der Waals surface area contributed by atoms with Gasteiger partial charge in [-0.1, -0.05) is 0 Å². The largest absolute Gasteiger partial charge is 0.478 e. The Hall–Kier alpha value is -2.61. The first kappa shape index (κ1) is 13.8. The Morgan fingerprint density at radius 1 is 1.20 bits per heavy atom. The van der Waals surface area contributed by atoms with Crippen molar-refractivity contribution in [2.45, 2.75) is 19.3 Å². The van der Waals surface area contributed by atoms with Gasteiger partial charge in [0.1, 0.15) is 0 Å². The first-order chi connectivity index (χ1) is 9.56. The Morgan fingerprint density at radius 2 is 1.90 bits per heavy atom. The van der Waals surface area contributed by atoms with E-state index in [0.717, 1.165) is 11.3 Å². The van der Waals surface area contributed by atoms with Crippen molar-refractivity contribution in [3.63, 3.8) is 0 Å². The lowest BCUT2D eigenvalue weighted by Crippen LogP contribution is -2.30. The van der Waals surface area contributed by atoms with E-state index in [4.69, 9.17) is 11.5 Å². The second-order valence-corrected chi connectivity index (χ2v) is 4.49. The van der Waals surface area contributed by atoms with Gasteiger partial charge in [-0.05, 0) is 31.0 Å². The number of carbonyl (C=O) groups is 3. The van der Waals surface area contributed by atoms with Crippen molar-refractivity contribution >= 4 is 17.8 Å². The third kappa shape index (κ3) is 2.41. The van der Waals surface area contributed by atoms with Crippen LogP contribution in [0.25, 0.3) is 0 Å². The predicted octanol–water partition coefficient (Wildman–Crippen LogP) is 1.78. The van der Waals surface area contributed by atoms with Crippen molar-refractivity contribution in [1.29, 1.82) is 0 Å². The summed E-state index contributed by atoms with van der Waals surface area (Å²) >= 11 is 0. The molecular weight excluding hydrogens is 258 g/mol. The van der Waals surface area contributed by atoms with Crippen LogP contribution in [0, 0.1) is 12.3 Å². The summed E-state index contributed by atoms with van der Waals surface area (Å²) in [6.45, 7) is 0.302. The third-order valence-electron chi connectivity index (χ3n) is 3.17. The van der Waals surface area contributed by atoms with Crippen molar-refractivity contribution < 1.29 is 19.5 Å². The molecule has 2 rings (SSSR count). The maximum atomic E-state index is 12.1. The normalized spacial score (nSPS) is 13.2. The minimum Gasteiger partial charge on any atom is -0.478 e. The molecule has 1 aliphatic heterocycles. The second kappa shape index (κ2) is 5.57. The molecule has 2 amide bonds. The topological polar surface area (TPSA) is 74.7 Å². The summed E-state index contributed by atoms with van der Waals surface area (Å²) in [5.74, 6) is 0.566. The molecule has 1 aromatic rings. The molecule has 0 bridgehead atoms. The summed E-state index contributed by atoms with van der Waals surface area (Å²) < 4.78 is 0. The Balaban J connectivity index is 2.18. The standard InChI is InChI=1S/C15H13NO4/c1-2-3-4-5-8-16-13(17)11-7-6-10(15(19)20)9-12(11)14(16)18/h1,6-7,9H,3-5,8H2,(H,19,20). The van der Waals surface area contributed by atoms with E-state index in [1.807, 2.05) is 0 Å². The summed E-state index contributed by atoms with van der Waals surface area (Å²) in [6.07, 6.45) is 7.12. The number of imide groups is 1. The lowest BCUT2D eigenvalue weighted by Gasteiger charge is -2.12. The van der Waals surface area contributed by atoms with Crippen molar-refractivity contribution in [2.75, 3.05) is 6.54 Å². The highest BCUT2D eigenvalue weighted by atomic mass is 16.4. The zero-order valence-electron chi connectivity index (χ0n) is 10.8. The minimum absolute atomic E-state index is 0.000850. The number of amides is 2. The number of carbonyl (C=O) groups excluding carboxylic acids is 2. The van der Waals surface area contributed by atoms with E-state index in [9.17, 15) is 14.4 Å². The molecule has 0 saturated carbocycles. The number of fused-ring (bicyclic) bond motifs is 1. The molecule has 0 aliphatic carbocycles. The average Bonchev–Trinajstić information content (AvgIpc) is 2.67. The highest BCUT2D eigenvalue weighted by molar-refractivity contribution is 6.21. The van der Waals surface area contributed by atoms with E-state index in [1.54, 1.807) is 0 Å². The maximum Gasteiger partial charge on any atom is 0.335 e. The van der Waals surface area contributed by atoms with Crippen molar-refractivity contribution in [3.05, 3.63) is 34.9 Å². The van der Waals surface area contributed by atoms with Gasteiger partial charge in [0.25, 0.3) is 11.8 Å². The van der Waals surface area contributed by atoms with Gasteiger partial charge < -0.3 is 5.11 Å². The van der Waals surface area contributed by atoms with Crippen LogP contribution in [0.5, 0.6) is 0 Å². The van der Waals surface area contributed by atoms with Crippen LogP contribution in [-0.2, 0) is 0 Å². The number of terminal acetylenes is 1. The van der Waals surface area contributed by atoms with E-state index >= 15 is 0 Å². The quantitative estimate of drug-likeness (QED) is 0.503. The van der Waals surface area contributed by atoms with Crippen LogP contribution in [0.2, 0.25) is 0 Å². The summed E-state index contributed by atoms with van der Waals surface area (Å²) in [7, 11) is 0. The second-order valence-electron chi connectivity index (χ2n) is 4.49. The number of carboxylic acids is 1. The summed E-state index contributed by atoms with van der Waals surface area (Å²) in [6, 6.07) is 3.97. The van der Waals surface area contributed by atoms with Gasteiger partial charge in [0.2, 0.25) is 0 Å². The van der Waals surface area contributed by atoms with Crippen molar-refractivity contribution in [1.82, 2.24) is 4.90 Å². The molecule has 0 spiro atoms. The molecule has 1 aromatic carbocycles. The summed E-state index contributed by atoms with van der Waals surface area (Å²) in [4.78, 5) is 36.2. The smallest absolute Gasteiger partial charge is 0.335 e. The number of benzene rings is 1. The van der Waals surface area contributed by atoms with Gasteiger partial charge in [0, 0.05) is 13.0 Å². The van der Waals surface area contributed by atoms with Crippen LogP contribution >= 0.6 is 0 Å². The van der Waals surface area contributed by atoms with Crippen LogP contribution in [-0.4, -0.2) is 34.3 Å². The van der Waals surface area contributed by atoms with Crippen LogP contribution in [0.15, 0.2) is 18.2 Å². The molecule has 20 heavy (non-hydrogen) atoms. The fourth-order valence-corrected chi connectivity index (χ4v) is 2.12. The lowest BCUT2D eigenvalue weighted by atomic mass is 10.1. The monoisotopic (exact) mass is 271 g/mol. The Kier molecular flexibility index (Phi) is 3.85. The molecule has 0 radical (unpaired) electrons. The van der Waals surface area contributed by atoms with Gasteiger partial charge in [-0.2, -0.15) is 0 Å². The van der Waals surface area contributed by atoms with E-state index in [2.05, 4.69) is 5.92 Å². The van der Waals surface area contributed by atoms with Crippen LogP contribution in [0.3, 0.4) is 0 Å². The summed E-state index contributed by atoms with van der Waals surface area (Å²) in [5, 5.41) is 8.91. The Labute approximate surface area is 116 Å². The van der Waals surface area contributed by atoms with Crippen LogP contribution < -0.4 is 0 Å². The zero-order valence-corrected chi connectivity index (χ0v) is 10.8.